The van der Waals surface area contributed by atoms with Crippen LogP contribution >= 0.6 is 0 Å². The third-order valence-electron chi connectivity index (χ3n) is 8.54. The molecule has 1 N–H and O–H groups in total. The van der Waals surface area contributed by atoms with Crippen molar-refractivity contribution < 1.29 is 27.6 Å². The molecule has 0 aromatic rings. The number of halogens is 3. The van der Waals surface area contributed by atoms with Crippen molar-refractivity contribution in [2.45, 2.75) is 115 Å². The molecule has 0 aromatic carbocycles. The molecule has 4 aliphatic rings. The smallest absolute Gasteiger partial charge is 0.330 e. The van der Waals surface area contributed by atoms with Crippen LogP contribution < -0.4 is 5.32 Å². The number of carbonyl (C=O) groups is 3. The average Bonchev–Trinajstić information content (AvgIpc) is 3.01. The molecule has 1 aliphatic heterocycles. The summed E-state index contributed by atoms with van der Waals surface area (Å²) in [6.07, 6.45) is 5.52. The maximum atomic E-state index is 14.9. The molecule has 196 valence electrons. The molecule has 5 nitrogen and oxygen atoms in total. The van der Waals surface area contributed by atoms with Crippen molar-refractivity contribution in [3.63, 3.8) is 0 Å². The van der Waals surface area contributed by atoms with E-state index in [1.165, 1.54) is 4.90 Å². The molecule has 0 aromatic heterocycles. The van der Waals surface area contributed by atoms with E-state index in [2.05, 4.69) is 5.32 Å². The monoisotopic (exact) mass is 496 g/mol. The Morgan fingerprint density at radius 3 is 2.09 bits per heavy atom. The number of Topliss-reactive ketones (excluding diaryl/α,β-unsaturated/α-hetero) is 1. The maximum absolute atomic E-state index is 14.9. The second-order valence-corrected chi connectivity index (χ2v) is 12.0. The largest absolute Gasteiger partial charge is 0.425 e. The molecule has 0 radical (unpaired) electrons. The van der Waals surface area contributed by atoms with Gasteiger partial charge in [-0.15, -0.1) is 0 Å². The Kier molecular flexibility index (Phi) is 7.41. The van der Waals surface area contributed by atoms with Crippen LogP contribution in [0, 0.1) is 17.3 Å². The van der Waals surface area contributed by atoms with Gasteiger partial charge in [-0.25, -0.2) is 0 Å². The van der Waals surface area contributed by atoms with Crippen LogP contribution in [0.15, 0.2) is 11.3 Å². The zero-order valence-electron chi connectivity index (χ0n) is 21.1. The van der Waals surface area contributed by atoms with E-state index in [-0.39, 0.29) is 37.4 Å². The topological polar surface area (TPSA) is 66.5 Å². The fourth-order valence-electron chi connectivity index (χ4n) is 6.73. The van der Waals surface area contributed by atoms with Gasteiger partial charge in [-0.05, 0) is 42.9 Å². The first kappa shape index (κ1) is 26.2. The summed E-state index contributed by atoms with van der Waals surface area (Å²) in [4.78, 5) is 41.1. The Balaban J connectivity index is 1.66. The van der Waals surface area contributed by atoms with E-state index >= 15 is 0 Å². The van der Waals surface area contributed by atoms with Gasteiger partial charge in [-0.1, -0.05) is 65.2 Å². The molecular formula is C27H39F3N2O3. The van der Waals surface area contributed by atoms with Crippen LogP contribution in [0.1, 0.15) is 104 Å². The molecule has 0 saturated heterocycles. The lowest BCUT2D eigenvalue weighted by molar-refractivity contribution is -0.194. The van der Waals surface area contributed by atoms with Crippen LogP contribution in [0.25, 0.3) is 0 Å². The van der Waals surface area contributed by atoms with Crippen LogP contribution in [0.3, 0.4) is 0 Å². The Hall–Kier alpha value is -1.86. The molecule has 0 bridgehead atoms. The predicted octanol–water partition coefficient (Wildman–Crippen LogP) is 5.83. The van der Waals surface area contributed by atoms with Gasteiger partial charge in [0.15, 0.2) is 5.78 Å². The highest BCUT2D eigenvalue weighted by molar-refractivity contribution is 6.13. The molecule has 2 saturated carbocycles. The number of hydrogen-bond donors (Lipinski definition) is 1. The maximum Gasteiger partial charge on any atom is 0.425 e. The highest BCUT2D eigenvalue weighted by atomic mass is 19.4. The van der Waals surface area contributed by atoms with Crippen molar-refractivity contribution in [3.8, 4) is 0 Å². The molecule has 0 unspecified atom stereocenters. The number of ketones is 1. The highest BCUT2D eigenvalue weighted by Gasteiger charge is 2.71. The molecule has 1 heterocycles. The van der Waals surface area contributed by atoms with Crippen LogP contribution in [0.2, 0.25) is 0 Å². The number of rotatable bonds is 6. The number of nitrogens with zero attached hydrogens (tertiary/aromatic N) is 1. The highest BCUT2D eigenvalue weighted by Crippen LogP contribution is 2.52. The van der Waals surface area contributed by atoms with E-state index in [9.17, 15) is 27.6 Å². The summed E-state index contributed by atoms with van der Waals surface area (Å²) in [7, 11) is 0. The lowest BCUT2D eigenvalue weighted by atomic mass is 9.72. The molecule has 4 rings (SSSR count). The Morgan fingerprint density at radius 1 is 0.943 bits per heavy atom. The minimum absolute atomic E-state index is 0.0688. The number of amides is 2. The van der Waals surface area contributed by atoms with Crippen molar-refractivity contribution in [2.24, 2.45) is 17.3 Å². The quantitative estimate of drug-likeness (QED) is 0.503. The first-order chi connectivity index (χ1) is 16.4. The fraction of sp³-hybridized carbons (Fsp3) is 0.815. The van der Waals surface area contributed by atoms with Crippen LogP contribution in [-0.2, 0) is 14.4 Å². The van der Waals surface area contributed by atoms with Crippen molar-refractivity contribution in [3.05, 3.63) is 11.3 Å². The summed E-state index contributed by atoms with van der Waals surface area (Å²) < 4.78 is 44.6. The Labute approximate surface area is 206 Å². The van der Waals surface area contributed by atoms with Gasteiger partial charge in [0.05, 0.1) is 5.57 Å². The van der Waals surface area contributed by atoms with Gasteiger partial charge in [-0.3, -0.25) is 14.4 Å². The van der Waals surface area contributed by atoms with E-state index in [1.807, 2.05) is 13.8 Å². The van der Waals surface area contributed by atoms with Crippen molar-refractivity contribution in [1.82, 2.24) is 10.2 Å². The minimum atomic E-state index is -5.11. The van der Waals surface area contributed by atoms with Gasteiger partial charge in [0, 0.05) is 25.1 Å². The molecule has 35 heavy (non-hydrogen) atoms. The second-order valence-electron chi connectivity index (χ2n) is 12.0. The lowest BCUT2D eigenvalue weighted by Gasteiger charge is -2.35. The fourth-order valence-corrected chi connectivity index (χ4v) is 6.73. The third-order valence-corrected chi connectivity index (χ3v) is 8.54. The number of alkyl halides is 3. The summed E-state index contributed by atoms with van der Waals surface area (Å²) >= 11 is 0. The van der Waals surface area contributed by atoms with Gasteiger partial charge >= 0.3 is 6.18 Å². The zero-order valence-corrected chi connectivity index (χ0v) is 21.1. The average molecular weight is 497 g/mol. The van der Waals surface area contributed by atoms with Crippen molar-refractivity contribution in [2.75, 3.05) is 6.54 Å². The van der Waals surface area contributed by atoms with Crippen molar-refractivity contribution in [1.29, 1.82) is 0 Å². The van der Waals surface area contributed by atoms with E-state index in [0.717, 1.165) is 64.2 Å². The number of carbonyl (C=O) groups excluding carboxylic acids is 3. The van der Waals surface area contributed by atoms with Crippen LogP contribution in [-0.4, -0.2) is 40.8 Å². The molecule has 3 aliphatic carbocycles. The minimum Gasteiger partial charge on any atom is -0.330 e. The molecular weight excluding hydrogens is 457 g/mol. The van der Waals surface area contributed by atoms with E-state index in [1.54, 1.807) is 0 Å². The normalized spacial score (nSPS) is 28.4. The molecule has 1 atom stereocenters. The van der Waals surface area contributed by atoms with Gasteiger partial charge in [0.2, 0.25) is 11.4 Å². The molecule has 0 spiro atoms. The molecule has 2 fully saturated rings. The van der Waals surface area contributed by atoms with Crippen LogP contribution in [0.4, 0.5) is 13.2 Å². The lowest BCUT2D eigenvalue weighted by Crippen LogP contribution is -2.66. The van der Waals surface area contributed by atoms with E-state index in [4.69, 9.17) is 0 Å². The molecule has 8 heteroatoms. The SMILES string of the molecule is CC1(C)CC(=O)C2=C(C1)N(CC1CCCCC1)C(=O)[C@]2(NC(=O)CCC1CCCCC1)C(F)(F)F. The molecule has 2 amide bonds. The van der Waals surface area contributed by atoms with E-state index < -0.39 is 40.3 Å². The van der Waals surface area contributed by atoms with Gasteiger partial charge < -0.3 is 10.2 Å². The summed E-state index contributed by atoms with van der Waals surface area (Å²) in [6.45, 7) is 3.86. The zero-order chi connectivity index (χ0) is 25.4. The number of hydrogen-bond acceptors (Lipinski definition) is 3. The summed E-state index contributed by atoms with van der Waals surface area (Å²) in [5, 5.41) is 2.11. The number of nitrogens with one attached hydrogen (secondary N) is 1. The first-order valence-corrected chi connectivity index (χ1v) is 13.4. The summed E-state index contributed by atoms with van der Waals surface area (Å²) in [5.41, 5.74) is -4.18. The second kappa shape index (κ2) is 9.89. The first-order valence-electron chi connectivity index (χ1n) is 13.4. The summed E-state index contributed by atoms with van der Waals surface area (Å²) in [6, 6.07) is 0. The Bertz CT molecular complexity index is 883. The van der Waals surface area contributed by atoms with Gasteiger partial charge in [0.1, 0.15) is 0 Å². The van der Waals surface area contributed by atoms with Crippen LogP contribution in [0.5, 0.6) is 0 Å². The Morgan fingerprint density at radius 2 is 1.51 bits per heavy atom. The number of allylic oxidation sites excluding steroid dienone is 1. The standard InChI is InChI=1S/C27H39F3N2O3/c1-25(2)15-20-23(21(33)16-25)26(27(28,29)30,24(35)32(20)17-19-11-7-4-8-12-19)31-22(34)14-13-18-9-5-3-6-10-18/h18-19H,3-17H2,1-2H3,(H,31,34)/t26-/m0/s1. The van der Waals surface area contributed by atoms with Gasteiger partial charge in [-0.2, -0.15) is 13.2 Å². The van der Waals surface area contributed by atoms with Gasteiger partial charge in [0.25, 0.3) is 5.91 Å². The predicted molar refractivity (Wildman–Crippen MR) is 126 cm³/mol. The van der Waals surface area contributed by atoms with Crippen molar-refractivity contribution >= 4 is 17.6 Å². The summed E-state index contributed by atoms with van der Waals surface area (Å²) in [5.74, 6) is -2.25. The van der Waals surface area contributed by atoms with E-state index in [0.29, 0.717) is 12.3 Å². The third kappa shape index (κ3) is 5.17.